The van der Waals surface area contributed by atoms with Gasteiger partial charge < -0.3 is 19.5 Å². The zero-order valence-corrected chi connectivity index (χ0v) is 13.7. The van der Waals surface area contributed by atoms with Crippen LogP contribution in [0.3, 0.4) is 0 Å². The van der Waals surface area contributed by atoms with Crippen LogP contribution in [0.2, 0.25) is 0 Å². The van der Waals surface area contributed by atoms with Gasteiger partial charge >= 0.3 is 0 Å². The lowest BCUT2D eigenvalue weighted by Crippen LogP contribution is -2.47. The molecule has 0 fully saturated rings. The molecule has 2 aliphatic rings. The third-order valence-electron chi connectivity index (χ3n) is 4.07. The quantitative estimate of drug-likeness (QED) is 0.924. The van der Waals surface area contributed by atoms with Gasteiger partial charge in [0.15, 0.2) is 11.3 Å². The minimum Gasteiger partial charge on any atom is -0.477 e. The fourth-order valence-corrected chi connectivity index (χ4v) is 3.85. The van der Waals surface area contributed by atoms with Gasteiger partial charge in [-0.05, 0) is 12.1 Å². The number of fused-ring (bicyclic) bond motifs is 2. The highest BCUT2D eigenvalue weighted by Crippen LogP contribution is 2.31. The van der Waals surface area contributed by atoms with Crippen molar-refractivity contribution >= 4 is 23.4 Å². The number of hydrogen-bond donors (Lipinski definition) is 1. The number of thioether (sulfide) groups is 1. The van der Waals surface area contributed by atoms with Gasteiger partial charge in [-0.2, -0.15) is 0 Å². The molecule has 1 amide bonds. The van der Waals surface area contributed by atoms with Crippen molar-refractivity contribution in [1.29, 1.82) is 0 Å². The number of aromatic nitrogens is 2. The van der Waals surface area contributed by atoms with E-state index in [0.717, 1.165) is 34.6 Å². The summed E-state index contributed by atoms with van der Waals surface area (Å²) in [5.41, 5.74) is 1.91. The largest absolute Gasteiger partial charge is 0.477 e. The summed E-state index contributed by atoms with van der Waals surface area (Å²) < 4.78 is 7.96. The molecule has 1 aromatic heterocycles. The van der Waals surface area contributed by atoms with Crippen LogP contribution in [0.4, 0.5) is 5.69 Å². The summed E-state index contributed by atoms with van der Waals surface area (Å²) in [6.07, 6.45) is 1.51. The number of ether oxygens (including phenoxy) is 1. The van der Waals surface area contributed by atoms with Crippen LogP contribution < -0.4 is 15.0 Å². The van der Waals surface area contributed by atoms with E-state index in [9.17, 15) is 4.79 Å². The number of amides is 1. The lowest BCUT2D eigenvalue weighted by Gasteiger charge is -2.32. The van der Waals surface area contributed by atoms with Crippen molar-refractivity contribution in [1.82, 2.24) is 14.9 Å². The van der Waals surface area contributed by atoms with Gasteiger partial charge in [-0.1, -0.05) is 23.9 Å². The Kier molecular flexibility index (Phi) is 3.65. The minimum atomic E-state index is -0.501. The van der Waals surface area contributed by atoms with Crippen LogP contribution in [0.25, 0.3) is 0 Å². The molecule has 1 atom stereocenters. The number of imidazole rings is 1. The van der Waals surface area contributed by atoms with E-state index in [-0.39, 0.29) is 5.91 Å². The van der Waals surface area contributed by atoms with Crippen LogP contribution in [0.15, 0.2) is 35.6 Å². The van der Waals surface area contributed by atoms with Gasteiger partial charge in [-0.25, -0.2) is 4.98 Å². The van der Waals surface area contributed by atoms with Crippen LogP contribution in [0.1, 0.15) is 5.69 Å². The summed E-state index contributed by atoms with van der Waals surface area (Å²) in [6.45, 7) is 1.97. The molecule has 0 saturated carbocycles. The first-order valence-electron chi connectivity index (χ1n) is 7.64. The SMILES string of the molecule is CN1CC(C(=O)NCc2cn3c(n2)SCC3)Oc2ccccc21. The second-order valence-corrected chi connectivity index (χ2v) is 6.79. The topological polar surface area (TPSA) is 59.4 Å². The van der Waals surface area contributed by atoms with E-state index in [4.69, 9.17) is 4.74 Å². The number of benzene rings is 1. The number of para-hydroxylation sites is 2. The predicted molar refractivity (Wildman–Crippen MR) is 88.9 cm³/mol. The van der Waals surface area contributed by atoms with Crippen LogP contribution in [-0.4, -0.2) is 40.9 Å². The summed E-state index contributed by atoms with van der Waals surface area (Å²) >= 11 is 1.75. The second kappa shape index (κ2) is 5.81. The third kappa shape index (κ3) is 2.76. The number of nitrogens with one attached hydrogen (secondary N) is 1. The van der Waals surface area contributed by atoms with Crippen molar-refractivity contribution < 1.29 is 9.53 Å². The van der Waals surface area contributed by atoms with Gasteiger partial charge in [-0.3, -0.25) is 4.79 Å². The maximum Gasteiger partial charge on any atom is 0.263 e. The highest BCUT2D eigenvalue weighted by Gasteiger charge is 2.28. The molecule has 6 nitrogen and oxygen atoms in total. The average molecular weight is 330 g/mol. The predicted octanol–water partition coefficient (Wildman–Crippen LogP) is 1.50. The van der Waals surface area contributed by atoms with Crippen molar-refractivity contribution in [2.75, 3.05) is 24.2 Å². The van der Waals surface area contributed by atoms with Gasteiger partial charge in [0.25, 0.3) is 5.91 Å². The highest BCUT2D eigenvalue weighted by molar-refractivity contribution is 7.99. The fourth-order valence-electron chi connectivity index (χ4n) is 2.88. The molecule has 120 valence electrons. The van der Waals surface area contributed by atoms with Crippen molar-refractivity contribution in [3.63, 3.8) is 0 Å². The first-order chi connectivity index (χ1) is 11.2. The summed E-state index contributed by atoms with van der Waals surface area (Å²) in [4.78, 5) is 19.0. The Morgan fingerprint density at radius 1 is 1.48 bits per heavy atom. The van der Waals surface area contributed by atoms with Crippen LogP contribution in [-0.2, 0) is 17.9 Å². The van der Waals surface area contributed by atoms with Gasteiger partial charge in [0, 0.05) is 25.5 Å². The molecule has 1 N–H and O–H groups in total. The molecule has 0 spiro atoms. The number of carbonyl (C=O) groups is 1. The molecule has 0 bridgehead atoms. The van der Waals surface area contributed by atoms with E-state index >= 15 is 0 Å². The van der Waals surface area contributed by atoms with Gasteiger partial charge in [0.2, 0.25) is 0 Å². The number of carbonyl (C=O) groups excluding carboxylic acids is 1. The fraction of sp³-hybridized carbons (Fsp3) is 0.375. The van der Waals surface area contributed by atoms with E-state index < -0.39 is 6.10 Å². The van der Waals surface area contributed by atoms with Crippen LogP contribution >= 0.6 is 11.8 Å². The molecular weight excluding hydrogens is 312 g/mol. The molecule has 2 aromatic rings. The number of likely N-dealkylation sites (N-methyl/N-ethyl adjacent to an activating group) is 1. The molecule has 1 unspecified atom stereocenters. The molecule has 7 heteroatoms. The van der Waals surface area contributed by atoms with Gasteiger partial charge in [0.1, 0.15) is 5.75 Å². The lowest BCUT2D eigenvalue weighted by molar-refractivity contribution is -0.128. The van der Waals surface area contributed by atoms with E-state index in [1.807, 2.05) is 42.4 Å². The van der Waals surface area contributed by atoms with E-state index in [2.05, 4.69) is 14.9 Å². The molecule has 0 saturated heterocycles. The van der Waals surface area contributed by atoms with Gasteiger partial charge in [0.05, 0.1) is 24.5 Å². The summed E-state index contributed by atoms with van der Waals surface area (Å²) in [5.74, 6) is 1.72. The first kappa shape index (κ1) is 14.4. The normalized spacial score (nSPS) is 19.0. The maximum atomic E-state index is 12.4. The van der Waals surface area contributed by atoms with E-state index in [1.165, 1.54) is 0 Å². The second-order valence-electron chi connectivity index (χ2n) is 5.73. The maximum absolute atomic E-state index is 12.4. The van der Waals surface area contributed by atoms with Crippen LogP contribution in [0.5, 0.6) is 5.75 Å². The Bertz CT molecular complexity index is 724. The smallest absolute Gasteiger partial charge is 0.263 e. The lowest BCUT2D eigenvalue weighted by atomic mass is 10.2. The zero-order valence-electron chi connectivity index (χ0n) is 12.9. The molecule has 2 aliphatic heterocycles. The van der Waals surface area contributed by atoms with Crippen molar-refractivity contribution in [3.05, 3.63) is 36.2 Å². The molecule has 4 rings (SSSR count). The van der Waals surface area contributed by atoms with Crippen molar-refractivity contribution in [2.24, 2.45) is 0 Å². The molecule has 0 radical (unpaired) electrons. The molecular formula is C16H18N4O2S. The number of aryl methyl sites for hydroxylation is 1. The van der Waals surface area contributed by atoms with Crippen LogP contribution in [0, 0.1) is 0 Å². The Morgan fingerprint density at radius 3 is 3.22 bits per heavy atom. The number of rotatable bonds is 3. The molecule has 3 heterocycles. The first-order valence-corrected chi connectivity index (χ1v) is 8.62. The Labute approximate surface area is 138 Å². The third-order valence-corrected chi connectivity index (χ3v) is 5.05. The average Bonchev–Trinajstić information content (AvgIpc) is 3.14. The number of hydrogen-bond acceptors (Lipinski definition) is 5. The standard InChI is InChI=1S/C16H18N4O2S/c1-19-10-14(22-13-5-3-2-4-12(13)19)15(21)17-8-11-9-20-6-7-23-16(20)18-11/h2-5,9,14H,6-8,10H2,1H3,(H,17,21). The monoisotopic (exact) mass is 330 g/mol. The van der Waals surface area contributed by atoms with Crippen molar-refractivity contribution in [3.8, 4) is 5.75 Å². The Balaban J connectivity index is 1.39. The molecule has 23 heavy (non-hydrogen) atoms. The number of nitrogens with zero attached hydrogens (tertiary/aromatic N) is 3. The molecule has 1 aromatic carbocycles. The number of anilines is 1. The Morgan fingerprint density at radius 2 is 2.35 bits per heavy atom. The summed E-state index contributed by atoms with van der Waals surface area (Å²) in [6, 6.07) is 7.77. The minimum absolute atomic E-state index is 0.104. The van der Waals surface area contributed by atoms with E-state index in [0.29, 0.717) is 13.1 Å². The summed E-state index contributed by atoms with van der Waals surface area (Å²) in [7, 11) is 1.97. The van der Waals surface area contributed by atoms with E-state index in [1.54, 1.807) is 11.8 Å². The summed E-state index contributed by atoms with van der Waals surface area (Å²) in [5, 5.41) is 3.97. The molecule has 0 aliphatic carbocycles. The van der Waals surface area contributed by atoms with Gasteiger partial charge in [-0.15, -0.1) is 0 Å². The Hall–Kier alpha value is -2.15. The highest BCUT2D eigenvalue weighted by atomic mass is 32.2. The van der Waals surface area contributed by atoms with Crippen molar-refractivity contribution in [2.45, 2.75) is 24.3 Å². The zero-order chi connectivity index (χ0) is 15.8.